The number of rotatable bonds is 3. The summed E-state index contributed by atoms with van der Waals surface area (Å²) in [6, 6.07) is 4.60. The van der Waals surface area contributed by atoms with Crippen molar-refractivity contribution in [3.8, 4) is 0 Å². The van der Waals surface area contributed by atoms with E-state index >= 15 is 0 Å². The Balaban J connectivity index is 2.08. The molecule has 0 radical (unpaired) electrons. The average Bonchev–Trinajstić information content (AvgIpc) is 2.85. The van der Waals surface area contributed by atoms with Crippen molar-refractivity contribution in [3.05, 3.63) is 27.7 Å². The van der Waals surface area contributed by atoms with Gasteiger partial charge < -0.3 is 5.32 Å². The summed E-state index contributed by atoms with van der Waals surface area (Å²) in [6.07, 6.45) is 0. The van der Waals surface area contributed by atoms with E-state index in [2.05, 4.69) is 61.4 Å². The van der Waals surface area contributed by atoms with Crippen molar-refractivity contribution in [3.63, 3.8) is 0 Å². The van der Waals surface area contributed by atoms with E-state index in [4.69, 9.17) is 0 Å². The van der Waals surface area contributed by atoms with Crippen molar-refractivity contribution in [1.29, 1.82) is 0 Å². The first kappa shape index (κ1) is 13.5. The first-order chi connectivity index (χ1) is 8.36. The molecule has 0 amide bonds. The Morgan fingerprint density at radius 2 is 2.00 bits per heavy atom. The summed E-state index contributed by atoms with van der Waals surface area (Å²) in [4.78, 5) is 7.23. The van der Waals surface area contributed by atoms with E-state index in [9.17, 15) is 0 Å². The molecule has 0 aliphatic rings. The van der Waals surface area contributed by atoms with E-state index in [1.54, 1.807) is 0 Å². The molecule has 2 aromatic rings. The van der Waals surface area contributed by atoms with Gasteiger partial charge >= 0.3 is 0 Å². The van der Waals surface area contributed by atoms with Crippen LogP contribution in [0.15, 0.2) is 12.1 Å². The lowest BCUT2D eigenvalue weighted by Gasteiger charge is -2.13. The third kappa shape index (κ3) is 3.09. The molecule has 1 N–H and O–H groups in total. The Morgan fingerprint density at radius 3 is 2.50 bits per heavy atom. The van der Waals surface area contributed by atoms with Crippen molar-refractivity contribution in [2.75, 3.05) is 5.32 Å². The summed E-state index contributed by atoms with van der Waals surface area (Å²) >= 11 is 3.26. The van der Waals surface area contributed by atoms with Crippen LogP contribution in [-0.4, -0.2) is 9.36 Å². The monoisotopic (exact) mass is 281 g/mol. The van der Waals surface area contributed by atoms with Crippen molar-refractivity contribution < 1.29 is 0 Å². The Labute approximate surface area is 116 Å². The maximum Gasteiger partial charge on any atom is 0.203 e. The normalized spacial score (nSPS) is 13.6. The molecule has 2 rings (SSSR count). The third-order valence-corrected chi connectivity index (χ3v) is 4.45. The third-order valence-electron chi connectivity index (χ3n) is 2.62. The molecule has 0 saturated heterocycles. The van der Waals surface area contributed by atoms with Crippen LogP contribution in [0.2, 0.25) is 0 Å². The van der Waals surface area contributed by atoms with Crippen LogP contribution >= 0.6 is 22.9 Å². The van der Waals surface area contributed by atoms with Gasteiger partial charge in [0.25, 0.3) is 0 Å². The molecule has 0 saturated carbocycles. The zero-order valence-electron chi connectivity index (χ0n) is 11.4. The fourth-order valence-corrected chi connectivity index (χ4v) is 3.25. The number of hydrogen-bond acceptors (Lipinski definition) is 5. The topological polar surface area (TPSA) is 37.8 Å². The van der Waals surface area contributed by atoms with Crippen LogP contribution < -0.4 is 5.32 Å². The molecule has 1 unspecified atom stereocenters. The molecule has 2 aromatic heterocycles. The molecule has 0 aromatic carbocycles. The molecule has 0 aliphatic heterocycles. The number of aryl methyl sites for hydroxylation is 1. The van der Waals surface area contributed by atoms with E-state index < -0.39 is 0 Å². The number of thiophene rings is 1. The standard InChI is InChI=1S/C13H19N3S2/c1-8-6-7-10(17-8)9(2)14-12-15-11(16-18-12)13(3,4)5/h6-7,9H,1-5H3,(H,14,15,16). The quantitative estimate of drug-likeness (QED) is 0.907. The molecule has 18 heavy (non-hydrogen) atoms. The molecule has 0 aliphatic carbocycles. The summed E-state index contributed by atoms with van der Waals surface area (Å²) in [5, 5.41) is 4.32. The van der Waals surface area contributed by atoms with Gasteiger partial charge in [-0.2, -0.15) is 4.37 Å². The van der Waals surface area contributed by atoms with Gasteiger partial charge in [-0.05, 0) is 26.0 Å². The van der Waals surface area contributed by atoms with E-state index in [-0.39, 0.29) is 11.5 Å². The van der Waals surface area contributed by atoms with Crippen LogP contribution in [0.1, 0.15) is 49.3 Å². The number of anilines is 1. The van der Waals surface area contributed by atoms with Gasteiger partial charge in [-0.15, -0.1) is 11.3 Å². The van der Waals surface area contributed by atoms with Crippen LogP contribution in [0.4, 0.5) is 5.13 Å². The van der Waals surface area contributed by atoms with Crippen LogP contribution in [0.5, 0.6) is 0 Å². The van der Waals surface area contributed by atoms with Gasteiger partial charge in [0.15, 0.2) is 0 Å². The Morgan fingerprint density at radius 1 is 1.28 bits per heavy atom. The molecule has 1 atom stereocenters. The Kier molecular flexibility index (Phi) is 3.73. The van der Waals surface area contributed by atoms with Crippen molar-refractivity contribution >= 4 is 28.0 Å². The molecule has 98 valence electrons. The number of nitrogens with zero attached hydrogens (tertiary/aromatic N) is 2. The summed E-state index contributed by atoms with van der Waals surface area (Å²) in [5.74, 6) is 0.907. The number of aromatic nitrogens is 2. The van der Waals surface area contributed by atoms with E-state index in [0.29, 0.717) is 0 Å². The summed E-state index contributed by atoms with van der Waals surface area (Å²) in [5.41, 5.74) is 0.0131. The highest BCUT2D eigenvalue weighted by Gasteiger charge is 2.20. The lowest BCUT2D eigenvalue weighted by molar-refractivity contribution is 0.555. The van der Waals surface area contributed by atoms with Crippen LogP contribution in [-0.2, 0) is 5.41 Å². The van der Waals surface area contributed by atoms with Crippen LogP contribution in [0.25, 0.3) is 0 Å². The first-order valence-corrected chi connectivity index (χ1v) is 7.62. The highest BCUT2D eigenvalue weighted by Crippen LogP contribution is 2.28. The van der Waals surface area contributed by atoms with Gasteiger partial charge in [0.1, 0.15) is 5.82 Å². The largest absolute Gasteiger partial charge is 0.353 e. The minimum absolute atomic E-state index is 0.0131. The first-order valence-electron chi connectivity index (χ1n) is 6.03. The van der Waals surface area contributed by atoms with E-state index in [1.165, 1.54) is 21.3 Å². The second kappa shape index (κ2) is 4.97. The predicted molar refractivity (Wildman–Crippen MR) is 79.7 cm³/mol. The highest BCUT2D eigenvalue weighted by atomic mass is 32.1. The van der Waals surface area contributed by atoms with Crippen molar-refractivity contribution in [1.82, 2.24) is 9.36 Å². The lowest BCUT2D eigenvalue weighted by Crippen LogP contribution is -2.13. The zero-order valence-corrected chi connectivity index (χ0v) is 13.1. The molecule has 0 fully saturated rings. The molecule has 3 nitrogen and oxygen atoms in total. The minimum Gasteiger partial charge on any atom is -0.353 e. The van der Waals surface area contributed by atoms with Gasteiger partial charge in [-0.25, -0.2) is 4.98 Å². The minimum atomic E-state index is 0.0131. The SMILES string of the molecule is Cc1ccc(C(C)Nc2nc(C(C)(C)C)ns2)s1. The summed E-state index contributed by atoms with van der Waals surface area (Å²) in [6.45, 7) is 10.7. The van der Waals surface area contributed by atoms with Crippen molar-refractivity contribution in [2.45, 2.75) is 46.1 Å². The summed E-state index contributed by atoms with van der Waals surface area (Å²) < 4.78 is 4.41. The lowest BCUT2D eigenvalue weighted by atomic mass is 9.96. The van der Waals surface area contributed by atoms with Gasteiger partial charge in [-0.3, -0.25) is 0 Å². The summed E-state index contributed by atoms with van der Waals surface area (Å²) in [7, 11) is 0. The molecule has 5 heteroatoms. The average molecular weight is 281 g/mol. The highest BCUT2D eigenvalue weighted by molar-refractivity contribution is 7.12. The van der Waals surface area contributed by atoms with Gasteiger partial charge in [-0.1, -0.05) is 20.8 Å². The van der Waals surface area contributed by atoms with Crippen LogP contribution in [0.3, 0.4) is 0 Å². The Bertz CT molecular complexity index is 522. The molecule has 0 spiro atoms. The fraction of sp³-hybridized carbons (Fsp3) is 0.538. The van der Waals surface area contributed by atoms with Crippen LogP contribution in [0, 0.1) is 6.92 Å². The van der Waals surface area contributed by atoms with E-state index in [0.717, 1.165) is 11.0 Å². The van der Waals surface area contributed by atoms with Crippen molar-refractivity contribution in [2.24, 2.45) is 0 Å². The second-order valence-electron chi connectivity index (χ2n) is 5.49. The maximum atomic E-state index is 4.55. The second-order valence-corrected chi connectivity index (χ2v) is 7.56. The van der Waals surface area contributed by atoms with Gasteiger partial charge in [0, 0.05) is 26.7 Å². The number of hydrogen-bond donors (Lipinski definition) is 1. The number of nitrogens with one attached hydrogen (secondary N) is 1. The smallest absolute Gasteiger partial charge is 0.203 e. The predicted octanol–water partition coefficient (Wildman–Crippen LogP) is 4.38. The van der Waals surface area contributed by atoms with E-state index in [1.807, 2.05) is 11.3 Å². The van der Waals surface area contributed by atoms with Gasteiger partial charge in [0.2, 0.25) is 5.13 Å². The molecular formula is C13H19N3S2. The van der Waals surface area contributed by atoms with Gasteiger partial charge in [0.05, 0.1) is 6.04 Å². The molecule has 0 bridgehead atoms. The molecule has 2 heterocycles. The molecular weight excluding hydrogens is 262 g/mol. The zero-order chi connectivity index (χ0) is 13.3. The maximum absolute atomic E-state index is 4.55. The fourth-order valence-electron chi connectivity index (χ4n) is 1.53. The Hall–Kier alpha value is -0.940.